The van der Waals surface area contributed by atoms with E-state index in [0.29, 0.717) is 0 Å². The number of nitrogens with zero attached hydrogens (tertiary/aromatic N) is 4. The van der Waals surface area contributed by atoms with Crippen molar-refractivity contribution in [3.05, 3.63) is 47.8 Å². The molecule has 0 aliphatic rings. The molecule has 24 heavy (non-hydrogen) atoms. The van der Waals surface area contributed by atoms with E-state index in [1.54, 1.807) is 0 Å². The highest BCUT2D eigenvalue weighted by Gasteiger charge is 2.07. The van der Waals surface area contributed by atoms with Crippen molar-refractivity contribution in [3.63, 3.8) is 0 Å². The molecule has 2 heterocycles. The van der Waals surface area contributed by atoms with Crippen LogP contribution in [0.5, 0.6) is 0 Å². The van der Waals surface area contributed by atoms with Crippen LogP contribution in [0.25, 0.3) is 11.4 Å². The second kappa shape index (κ2) is 9.50. The van der Waals surface area contributed by atoms with Crippen LogP contribution >= 0.6 is 0 Å². The number of hydrogen-bond donors (Lipinski definition) is 0. The molecule has 2 rings (SSSR count). The van der Waals surface area contributed by atoms with E-state index in [4.69, 9.17) is 0 Å². The van der Waals surface area contributed by atoms with Gasteiger partial charge in [0.1, 0.15) is 0 Å². The van der Waals surface area contributed by atoms with Gasteiger partial charge in [0.25, 0.3) is 0 Å². The molecule has 0 unspecified atom stereocenters. The molecular formula is C20H30N4. The van der Waals surface area contributed by atoms with E-state index in [-0.39, 0.29) is 0 Å². The minimum atomic E-state index is 0.959. The second-order valence-corrected chi connectivity index (χ2v) is 6.02. The third-order valence-corrected chi connectivity index (χ3v) is 4.51. The fourth-order valence-corrected chi connectivity index (χ4v) is 2.84. The van der Waals surface area contributed by atoms with E-state index in [2.05, 4.69) is 71.7 Å². The Balaban J connectivity index is 2.19. The highest BCUT2D eigenvalue weighted by Crippen LogP contribution is 2.18. The van der Waals surface area contributed by atoms with Gasteiger partial charge in [-0.1, -0.05) is 27.7 Å². The third kappa shape index (κ3) is 5.11. The molecule has 0 atom stereocenters. The average molecular weight is 326 g/mol. The molecule has 0 aliphatic carbocycles. The molecule has 130 valence electrons. The Hall–Kier alpha value is -1.78. The average Bonchev–Trinajstić information content (AvgIpc) is 2.64. The third-order valence-electron chi connectivity index (χ3n) is 4.51. The topological polar surface area (TPSA) is 32.3 Å². The summed E-state index contributed by atoms with van der Waals surface area (Å²) in [5, 5.41) is 0. The van der Waals surface area contributed by atoms with Gasteiger partial charge < -0.3 is 0 Å². The van der Waals surface area contributed by atoms with Crippen LogP contribution in [0, 0.1) is 0 Å². The normalized spacial score (nSPS) is 11.4. The monoisotopic (exact) mass is 326 g/mol. The van der Waals surface area contributed by atoms with E-state index in [1.807, 2.05) is 12.4 Å². The van der Waals surface area contributed by atoms with Crippen molar-refractivity contribution in [2.45, 2.75) is 40.8 Å². The van der Waals surface area contributed by atoms with Gasteiger partial charge >= 0.3 is 0 Å². The molecule has 2 aromatic rings. The van der Waals surface area contributed by atoms with Crippen molar-refractivity contribution in [1.29, 1.82) is 0 Å². The van der Waals surface area contributed by atoms with Crippen LogP contribution in [0.3, 0.4) is 0 Å². The fourth-order valence-electron chi connectivity index (χ4n) is 2.84. The van der Waals surface area contributed by atoms with E-state index in [9.17, 15) is 0 Å². The predicted octanol–water partition coefficient (Wildman–Crippen LogP) is 3.83. The Kier molecular flexibility index (Phi) is 7.35. The van der Waals surface area contributed by atoms with Crippen molar-refractivity contribution >= 4 is 0 Å². The summed E-state index contributed by atoms with van der Waals surface area (Å²) in [6.45, 7) is 15.0. The van der Waals surface area contributed by atoms with Gasteiger partial charge in [-0.15, -0.1) is 0 Å². The lowest BCUT2D eigenvalue weighted by Crippen LogP contribution is -2.22. The molecule has 0 radical (unpaired) electrons. The highest BCUT2D eigenvalue weighted by molar-refractivity contribution is 5.55. The summed E-state index contributed by atoms with van der Waals surface area (Å²) in [7, 11) is 0. The van der Waals surface area contributed by atoms with E-state index >= 15 is 0 Å². The van der Waals surface area contributed by atoms with Gasteiger partial charge in [-0.3, -0.25) is 19.8 Å². The first kappa shape index (κ1) is 18.6. The number of rotatable bonds is 9. The molecule has 0 fully saturated rings. The largest absolute Gasteiger partial charge is 0.300 e. The molecule has 4 nitrogen and oxygen atoms in total. The lowest BCUT2D eigenvalue weighted by Gasteiger charge is -2.19. The lowest BCUT2D eigenvalue weighted by molar-refractivity contribution is 0.295. The molecule has 4 heteroatoms. The Bertz CT molecular complexity index is 563. The minimum absolute atomic E-state index is 0.959. The highest BCUT2D eigenvalue weighted by atomic mass is 15.1. The first-order valence-electron chi connectivity index (χ1n) is 9.05. The Morgan fingerprint density at radius 1 is 0.667 bits per heavy atom. The zero-order valence-corrected chi connectivity index (χ0v) is 15.5. The predicted molar refractivity (Wildman–Crippen MR) is 101 cm³/mol. The molecule has 2 aromatic heterocycles. The van der Waals surface area contributed by atoms with Gasteiger partial charge in [0, 0.05) is 25.5 Å². The van der Waals surface area contributed by atoms with E-state index < -0.39 is 0 Å². The number of aromatic nitrogens is 2. The van der Waals surface area contributed by atoms with Gasteiger partial charge in [-0.25, -0.2) is 0 Å². The van der Waals surface area contributed by atoms with Crippen molar-refractivity contribution in [2.75, 3.05) is 26.2 Å². The Labute approximate surface area is 146 Å². The molecule has 0 saturated heterocycles. The summed E-state index contributed by atoms with van der Waals surface area (Å²) in [5.74, 6) is 0. The SMILES string of the molecule is CCN(CC)Cc1ccnc(-c2cc(CN(CC)CC)ccn2)c1. The first-order chi connectivity index (χ1) is 11.7. The van der Waals surface area contributed by atoms with Crippen LogP contribution in [0.15, 0.2) is 36.7 Å². The van der Waals surface area contributed by atoms with Crippen molar-refractivity contribution < 1.29 is 0 Å². The summed E-state index contributed by atoms with van der Waals surface area (Å²) < 4.78 is 0. The van der Waals surface area contributed by atoms with Crippen LogP contribution in [-0.2, 0) is 13.1 Å². The number of hydrogen-bond acceptors (Lipinski definition) is 4. The van der Waals surface area contributed by atoms with Crippen LogP contribution in [0.1, 0.15) is 38.8 Å². The maximum absolute atomic E-state index is 4.53. The zero-order chi connectivity index (χ0) is 17.4. The summed E-state index contributed by atoms with van der Waals surface area (Å²) in [5.41, 5.74) is 4.50. The molecule has 0 bridgehead atoms. The van der Waals surface area contributed by atoms with Crippen molar-refractivity contribution in [1.82, 2.24) is 19.8 Å². The van der Waals surface area contributed by atoms with Gasteiger partial charge in [0.15, 0.2) is 0 Å². The minimum Gasteiger partial charge on any atom is -0.300 e. The van der Waals surface area contributed by atoms with E-state index in [1.165, 1.54) is 11.1 Å². The zero-order valence-electron chi connectivity index (χ0n) is 15.5. The van der Waals surface area contributed by atoms with Crippen LogP contribution in [0.4, 0.5) is 0 Å². The standard InChI is InChI=1S/C20H30N4/c1-5-23(6-2)15-17-9-11-21-19(13-17)20-14-18(10-12-22-20)16-24(7-3)8-4/h9-14H,5-8,15-16H2,1-4H3. The summed E-state index contributed by atoms with van der Waals surface area (Å²) in [6.07, 6.45) is 3.79. The number of pyridine rings is 2. The van der Waals surface area contributed by atoms with Gasteiger partial charge in [-0.05, 0) is 61.6 Å². The molecule has 0 saturated carbocycles. The molecule has 0 aliphatic heterocycles. The van der Waals surface area contributed by atoms with Gasteiger partial charge in [0.2, 0.25) is 0 Å². The maximum atomic E-state index is 4.53. The van der Waals surface area contributed by atoms with E-state index in [0.717, 1.165) is 50.7 Å². The Morgan fingerprint density at radius 3 is 1.38 bits per heavy atom. The molecule has 0 aromatic carbocycles. The van der Waals surface area contributed by atoms with Crippen LogP contribution in [-0.4, -0.2) is 45.9 Å². The van der Waals surface area contributed by atoms with Crippen molar-refractivity contribution in [2.24, 2.45) is 0 Å². The molecule has 0 N–H and O–H groups in total. The molecule has 0 spiro atoms. The van der Waals surface area contributed by atoms with Gasteiger partial charge in [-0.2, -0.15) is 0 Å². The first-order valence-corrected chi connectivity index (χ1v) is 9.05. The lowest BCUT2D eigenvalue weighted by atomic mass is 10.1. The quantitative estimate of drug-likeness (QED) is 0.701. The second-order valence-electron chi connectivity index (χ2n) is 6.02. The summed E-state index contributed by atoms with van der Waals surface area (Å²) >= 11 is 0. The summed E-state index contributed by atoms with van der Waals surface area (Å²) in [6, 6.07) is 8.53. The molecular weight excluding hydrogens is 296 g/mol. The Morgan fingerprint density at radius 2 is 1.04 bits per heavy atom. The molecule has 0 amide bonds. The summed E-state index contributed by atoms with van der Waals surface area (Å²) in [4.78, 5) is 13.9. The van der Waals surface area contributed by atoms with Crippen LogP contribution in [0.2, 0.25) is 0 Å². The maximum Gasteiger partial charge on any atom is 0.0889 e. The fraction of sp³-hybridized carbons (Fsp3) is 0.500. The van der Waals surface area contributed by atoms with Crippen LogP contribution < -0.4 is 0 Å². The smallest absolute Gasteiger partial charge is 0.0889 e. The van der Waals surface area contributed by atoms with Crippen molar-refractivity contribution in [3.8, 4) is 11.4 Å². The van der Waals surface area contributed by atoms with Gasteiger partial charge in [0.05, 0.1) is 11.4 Å².